The number of carbonyl (C=O) groups excluding carboxylic acids is 1. The third-order valence-electron chi connectivity index (χ3n) is 11.5. The molecule has 8 rings (SSSR count). The molecule has 3 atom stereocenters. The minimum atomic E-state index is -0.310. The molecule has 0 saturated carbocycles. The number of ether oxygens (including phenoxy) is 1. The summed E-state index contributed by atoms with van der Waals surface area (Å²) in [6.07, 6.45) is 6.81. The first-order valence-electron chi connectivity index (χ1n) is 20.3. The molecule has 2 amide bonds. The van der Waals surface area contributed by atoms with Crippen LogP contribution in [0.4, 0.5) is 16.6 Å². The van der Waals surface area contributed by atoms with Gasteiger partial charge in [0.05, 0.1) is 23.6 Å². The van der Waals surface area contributed by atoms with E-state index in [2.05, 4.69) is 82.4 Å². The molecule has 15 nitrogen and oxygen atoms in total. The number of fused-ring (bicyclic) bond motifs is 2. The number of likely N-dealkylation sites (N-methyl/N-ethyl adjacent to an activating group) is 1. The van der Waals surface area contributed by atoms with Gasteiger partial charge in [-0.25, -0.2) is 9.48 Å². The zero-order chi connectivity index (χ0) is 41.0. The molecular weight excluding hydrogens is 737 g/mol. The van der Waals surface area contributed by atoms with Crippen molar-refractivity contribution in [2.45, 2.75) is 89.9 Å². The highest BCUT2D eigenvalue weighted by Gasteiger charge is 2.31. The maximum Gasteiger partial charge on any atom is 0.320 e. The van der Waals surface area contributed by atoms with Crippen LogP contribution in [0.3, 0.4) is 0 Å². The number of hydrogen-bond acceptors (Lipinski definition) is 10. The molecule has 1 unspecified atom stereocenters. The molecule has 308 valence electrons. The van der Waals surface area contributed by atoms with Crippen molar-refractivity contribution < 1.29 is 24.5 Å². The maximum absolute atomic E-state index is 13.8. The monoisotopic (exact) mass is 792 g/mol. The normalized spacial score (nSPS) is 20.2. The van der Waals surface area contributed by atoms with Gasteiger partial charge in [-0.3, -0.25) is 19.4 Å². The van der Waals surface area contributed by atoms with Crippen LogP contribution < -0.4 is 20.3 Å². The van der Waals surface area contributed by atoms with Crippen LogP contribution in [0.2, 0.25) is 0 Å². The van der Waals surface area contributed by atoms with Crippen molar-refractivity contribution in [3.63, 3.8) is 0 Å². The van der Waals surface area contributed by atoms with Gasteiger partial charge in [-0.2, -0.15) is 5.10 Å². The van der Waals surface area contributed by atoms with E-state index >= 15 is 0 Å². The average molecular weight is 793 g/mol. The highest BCUT2D eigenvalue weighted by atomic mass is 16.5. The van der Waals surface area contributed by atoms with Gasteiger partial charge in [-0.15, -0.1) is 10.2 Å². The van der Waals surface area contributed by atoms with Crippen LogP contribution in [-0.4, -0.2) is 103 Å². The fraction of sp³-hybridized carbons (Fsp3) is 0.465. The van der Waals surface area contributed by atoms with Crippen molar-refractivity contribution in [1.82, 2.24) is 39.5 Å². The molecule has 5 heterocycles. The number of urea groups is 1. The van der Waals surface area contributed by atoms with Crippen LogP contribution in [0.5, 0.6) is 11.5 Å². The third-order valence-corrected chi connectivity index (χ3v) is 11.5. The first-order valence-corrected chi connectivity index (χ1v) is 20.3. The molecule has 0 bridgehead atoms. The molecule has 3 aromatic heterocycles. The Morgan fingerprint density at radius 1 is 0.948 bits per heavy atom. The van der Waals surface area contributed by atoms with Gasteiger partial charge in [0.15, 0.2) is 5.65 Å². The van der Waals surface area contributed by atoms with Crippen molar-refractivity contribution in [2.24, 2.45) is 0 Å². The van der Waals surface area contributed by atoms with E-state index in [9.17, 15) is 9.90 Å². The molecule has 3 aliphatic rings. The summed E-state index contributed by atoms with van der Waals surface area (Å²) in [6, 6.07) is 19.5. The largest absolute Gasteiger partial charge is 0.508 e. The van der Waals surface area contributed by atoms with Crippen LogP contribution in [0, 0.1) is 0 Å². The summed E-state index contributed by atoms with van der Waals surface area (Å²) in [5, 5.41) is 38.0. The first kappa shape index (κ1) is 40.5. The summed E-state index contributed by atoms with van der Waals surface area (Å²) in [5.41, 5.74) is 5.11. The number of hydrogen-bond donors (Lipinski definition) is 4. The number of anilines is 2. The zero-order valence-corrected chi connectivity index (χ0v) is 34.1. The topological polar surface area (TPSA) is 166 Å². The quantitative estimate of drug-likeness (QED) is 0.126. The van der Waals surface area contributed by atoms with E-state index in [-0.39, 0.29) is 35.8 Å². The van der Waals surface area contributed by atoms with Crippen LogP contribution in [0.15, 0.2) is 66.9 Å². The minimum Gasteiger partial charge on any atom is -0.508 e. The number of carboxylic acid groups (broad SMARTS) is 1. The zero-order valence-electron chi connectivity index (χ0n) is 34.1. The van der Waals surface area contributed by atoms with Gasteiger partial charge in [0.25, 0.3) is 6.47 Å². The molecule has 5 aromatic rings. The number of piperidine rings is 1. The van der Waals surface area contributed by atoms with Crippen molar-refractivity contribution in [2.75, 3.05) is 50.0 Å². The number of piperazine rings is 1. The average Bonchev–Trinajstić information content (AvgIpc) is 3.83. The molecular formula is C43H56N10O5. The summed E-state index contributed by atoms with van der Waals surface area (Å²) in [5.74, 6) is 2.43. The minimum absolute atomic E-state index is 0.172. The van der Waals surface area contributed by atoms with Crippen LogP contribution in [-0.2, 0) is 16.8 Å². The van der Waals surface area contributed by atoms with Crippen molar-refractivity contribution in [3.8, 4) is 17.2 Å². The Hall–Kier alpha value is -5.67. The molecule has 1 aliphatic carbocycles. The summed E-state index contributed by atoms with van der Waals surface area (Å²) >= 11 is 0. The van der Waals surface area contributed by atoms with E-state index in [0.29, 0.717) is 24.8 Å². The smallest absolute Gasteiger partial charge is 0.320 e. The molecule has 15 heteroatoms. The van der Waals surface area contributed by atoms with Crippen molar-refractivity contribution >= 4 is 29.9 Å². The number of nitrogens with one attached hydrogen (secondary N) is 2. The molecule has 58 heavy (non-hydrogen) atoms. The van der Waals surface area contributed by atoms with Crippen LogP contribution in [0.1, 0.15) is 94.3 Å². The summed E-state index contributed by atoms with van der Waals surface area (Å²) in [4.78, 5) is 29.2. The fourth-order valence-electron chi connectivity index (χ4n) is 8.13. The van der Waals surface area contributed by atoms with E-state index in [0.717, 1.165) is 97.4 Å². The Bertz CT molecular complexity index is 2200. The van der Waals surface area contributed by atoms with E-state index in [1.165, 1.54) is 6.42 Å². The lowest BCUT2D eigenvalue weighted by molar-refractivity contribution is -0.122. The molecule has 0 spiro atoms. The molecule has 0 radical (unpaired) electrons. The number of aromatic hydroxyl groups is 1. The first-order chi connectivity index (χ1) is 27.9. The summed E-state index contributed by atoms with van der Waals surface area (Å²) in [6.45, 7) is 13.8. The predicted molar refractivity (Wildman–Crippen MR) is 223 cm³/mol. The number of aromatic nitrogens is 5. The van der Waals surface area contributed by atoms with Gasteiger partial charge in [0, 0.05) is 62.4 Å². The number of amides is 2. The van der Waals surface area contributed by atoms with Crippen LogP contribution in [0.25, 0.3) is 11.3 Å². The fourth-order valence-corrected chi connectivity index (χ4v) is 8.13. The maximum atomic E-state index is 13.8. The van der Waals surface area contributed by atoms with Gasteiger partial charge in [0.1, 0.15) is 23.4 Å². The lowest BCUT2D eigenvalue weighted by atomic mass is 9.85. The van der Waals surface area contributed by atoms with E-state index in [4.69, 9.17) is 19.7 Å². The van der Waals surface area contributed by atoms with Gasteiger partial charge in [-0.1, -0.05) is 45.0 Å². The van der Waals surface area contributed by atoms with E-state index in [1.54, 1.807) is 10.7 Å². The molecule has 2 fully saturated rings. The molecule has 2 aliphatic heterocycles. The highest BCUT2D eigenvalue weighted by molar-refractivity contribution is 5.89. The lowest BCUT2D eigenvalue weighted by Crippen LogP contribution is -2.43. The number of pyridine rings is 1. The molecule has 4 N–H and O–H groups in total. The molecule has 2 saturated heterocycles. The standard InChI is InChI=1S/C42H54N10O3.CH2O2/c1-28-10-8-9-19-50(28)41-46-45-38-18-14-31(27-51(38)41)55-36-17-15-34(32-11-6-7-12-33(32)36)43-40(54)44-39-25-37(42(2,3)4)47-52(39)30-13-16-35(53)29(24-30)26-49-22-20-48(5)21-23-49;2-1-3/h6-7,11-14,16,18,24-25,27-28,34,36,53H,8-10,15,17,19-23,26H2,1-5H3,(H2,43,44,54);1H,(H,2,3)/t28?,34-,36+;/m0./s1. The predicted octanol–water partition coefficient (Wildman–Crippen LogP) is 6.52. The number of nitrogens with zero attached hydrogens (tertiary/aromatic N) is 8. The number of phenols is 1. The van der Waals surface area contributed by atoms with E-state index in [1.807, 2.05) is 53.1 Å². The van der Waals surface area contributed by atoms with Crippen LogP contribution >= 0.6 is 0 Å². The van der Waals surface area contributed by atoms with Gasteiger partial charge in [-0.05, 0) is 87.5 Å². The van der Waals surface area contributed by atoms with Gasteiger partial charge in [0.2, 0.25) is 5.95 Å². The van der Waals surface area contributed by atoms with Gasteiger partial charge >= 0.3 is 6.03 Å². The van der Waals surface area contributed by atoms with Crippen molar-refractivity contribution in [3.05, 3.63) is 89.2 Å². The summed E-state index contributed by atoms with van der Waals surface area (Å²) in [7, 11) is 2.14. The van der Waals surface area contributed by atoms with E-state index < -0.39 is 0 Å². The number of benzene rings is 2. The second-order valence-electron chi connectivity index (χ2n) is 16.7. The Morgan fingerprint density at radius 3 is 2.45 bits per heavy atom. The number of carbonyl (C=O) groups is 2. The molecule has 2 aromatic carbocycles. The highest BCUT2D eigenvalue weighted by Crippen LogP contribution is 2.39. The SMILES string of the molecule is CC1CCCCN1c1nnc2ccc(O[C@@H]3CC[C@H](NC(=O)Nc4cc(C(C)(C)C)nn4-c4ccc(O)c(CN5CCN(C)CC5)c4)c4ccccc43)cn12.O=CO. The Morgan fingerprint density at radius 2 is 1.71 bits per heavy atom. The Kier molecular flexibility index (Phi) is 12.2. The van der Waals surface area contributed by atoms with Gasteiger partial charge < -0.3 is 30.1 Å². The Labute approximate surface area is 339 Å². The summed E-state index contributed by atoms with van der Waals surface area (Å²) < 4.78 is 10.5. The number of rotatable bonds is 8. The Balaban J connectivity index is 0.00000166. The second-order valence-corrected chi connectivity index (χ2v) is 16.7. The third kappa shape index (κ3) is 9.05. The lowest BCUT2D eigenvalue weighted by Gasteiger charge is -2.33. The van der Waals surface area contributed by atoms with Crippen molar-refractivity contribution in [1.29, 1.82) is 0 Å². The second kappa shape index (κ2) is 17.4. The number of phenolic OH excluding ortho intramolecular Hbond substituents is 1.